The maximum atomic E-state index is 12.1. The first-order valence-electron chi connectivity index (χ1n) is 7.10. The third-order valence-electron chi connectivity index (χ3n) is 3.99. The molecule has 0 radical (unpaired) electrons. The van der Waals surface area contributed by atoms with E-state index in [4.69, 9.17) is 5.11 Å². The van der Waals surface area contributed by atoms with Gasteiger partial charge >= 0.3 is 5.97 Å². The van der Waals surface area contributed by atoms with E-state index in [0.717, 1.165) is 23.5 Å². The van der Waals surface area contributed by atoms with Crippen LogP contribution in [-0.4, -0.2) is 33.5 Å². The zero-order chi connectivity index (χ0) is 16.4. The molecule has 3 rings (SSSR count). The van der Waals surface area contributed by atoms with Crippen molar-refractivity contribution in [2.45, 2.75) is 18.3 Å². The minimum absolute atomic E-state index is 0.0375. The standard InChI is InChI=1S/C16H14BrN3O3/c17-11-4-2-1-3-10(11)16(5-6-16)9-20-14(21)12-7-19-13(8-18-12)15(22)23/h1-4,7-8H,5-6,9H2,(H,20,21)(H,22,23). The number of amides is 1. The number of hydrogen-bond acceptors (Lipinski definition) is 4. The lowest BCUT2D eigenvalue weighted by Crippen LogP contribution is -2.33. The molecular formula is C16H14BrN3O3. The summed E-state index contributed by atoms with van der Waals surface area (Å²) in [7, 11) is 0. The Labute approximate surface area is 141 Å². The van der Waals surface area contributed by atoms with Crippen LogP contribution in [0.4, 0.5) is 0 Å². The quantitative estimate of drug-likeness (QED) is 0.836. The number of benzene rings is 1. The van der Waals surface area contributed by atoms with E-state index in [-0.39, 0.29) is 22.7 Å². The van der Waals surface area contributed by atoms with Gasteiger partial charge in [-0.25, -0.2) is 14.8 Å². The number of aromatic nitrogens is 2. The molecule has 118 valence electrons. The topological polar surface area (TPSA) is 92.2 Å². The smallest absolute Gasteiger partial charge is 0.356 e. The van der Waals surface area contributed by atoms with Gasteiger partial charge in [-0.15, -0.1) is 0 Å². The third-order valence-corrected chi connectivity index (χ3v) is 4.68. The molecule has 2 N–H and O–H groups in total. The molecule has 1 aliphatic rings. The summed E-state index contributed by atoms with van der Waals surface area (Å²) in [6.45, 7) is 0.511. The minimum atomic E-state index is -1.17. The SMILES string of the molecule is O=C(O)c1cnc(C(=O)NCC2(c3ccccc3Br)CC2)cn1. The Bertz CT molecular complexity index is 757. The van der Waals surface area contributed by atoms with E-state index in [1.54, 1.807) is 0 Å². The van der Waals surface area contributed by atoms with Crippen LogP contribution in [0.2, 0.25) is 0 Å². The van der Waals surface area contributed by atoms with Gasteiger partial charge in [-0.1, -0.05) is 34.1 Å². The molecule has 0 aliphatic heterocycles. The molecule has 0 spiro atoms. The van der Waals surface area contributed by atoms with Gasteiger partial charge in [0.05, 0.1) is 12.4 Å². The molecule has 1 heterocycles. The Morgan fingerprint density at radius 1 is 1.17 bits per heavy atom. The monoisotopic (exact) mass is 375 g/mol. The van der Waals surface area contributed by atoms with Crippen LogP contribution >= 0.6 is 15.9 Å². The minimum Gasteiger partial charge on any atom is -0.476 e. The number of rotatable bonds is 5. The molecule has 1 aliphatic carbocycles. The highest BCUT2D eigenvalue weighted by Crippen LogP contribution is 2.49. The van der Waals surface area contributed by atoms with Gasteiger partial charge in [-0.05, 0) is 24.5 Å². The van der Waals surface area contributed by atoms with Gasteiger partial charge in [0.15, 0.2) is 5.69 Å². The highest BCUT2D eigenvalue weighted by atomic mass is 79.9. The Balaban J connectivity index is 1.67. The van der Waals surface area contributed by atoms with Crippen LogP contribution in [0, 0.1) is 0 Å². The van der Waals surface area contributed by atoms with Crippen LogP contribution in [0.3, 0.4) is 0 Å². The van der Waals surface area contributed by atoms with Gasteiger partial charge in [0.2, 0.25) is 0 Å². The van der Waals surface area contributed by atoms with E-state index >= 15 is 0 Å². The molecule has 1 aromatic carbocycles. The number of carboxylic acids is 1. The molecule has 2 aromatic rings. The Morgan fingerprint density at radius 3 is 2.39 bits per heavy atom. The molecule has 0 atom stereocenters. The van der Waals surface area contributed by atoms with E-state index in [9.17, 15) is 9.59 Å². The van der Waals surface area contributed by atoms with Crippen molar-refractivity contribution in [2.24, 2.45) is 0 Å². The van der Waals surface area contributed by atoms with Crippen LogP contribution in [0.25, 0.3) is 0 Å². The number of carboxylic acid groups (broad SMARTS) is 1. The molecule has 1 fully saturated rings. The van der Waals surface area contributed by atoms with Crippen molar-refractivity contribution in [1.29, 1.82) is 0 Å². The van der Waals surface area contributed by atoms with Crippen molar-refractivity contribution in [3.63, 3.8) is 0 Å². The first-order valence-corrected chi connectivity index (χ1v) is 7.90. The zero-order valence-corrected chi connectivity index (χ0v) is 13.7. The fraction of sp³-hybridized carbons (Fsp3) is 0.250. The van der Waals surface area contributed by atoms with Gasteiger partial charge in [0.1, 0.15) is 5.69 Å². The first-order chi connectivity index (χ1) is 11.0. The lowest BCUT2D eigenvalue weighted by atomic mass is 9.96. The predicted molar refractivity (Wildman–Crippen MR) is 86.4 cm³/mol. The Kier molecular flexibility index (Phi) is 4.12. The van der Waals surface area contributed by atoms with E-state index in [0.29, 0.717) is 6.54 Å². The summed E-state index contributed by atoms with van der Waals surface area (Å²) in [5.74, 6) is -1.52. The number of nitrogens with zero attached hydrogens (tertiary/aromatic N) is 2. The predicted octanol–water partition coefficient (Wildman–Crippen LogP) is 2.40. The molecule has 0 unspecified atom stereocenters. The maximum Gasteiger partial charge on any atom is 0.356 e. The van der Waals surface area contributed by atoms with Crippen molar-refractivity contribution in [3.05, 3.63) is 58.1 Å². The number of aromatic carboxylic acids is 1. The van der Waals surface area contributed by atoms with Crippen LogP contribution in [0.1, 0.15) is 39.4 Å². The maximum absolute atomic E-state index is 12.1. The van der Waals surface area contributed by atoms with Crippen molar-refractivity contribution in [2.75, 3.05) is 6.54 Å². The van der Waals surface area contributed by atoms with Crippen LogP contribution in [-0.2, 0) is 5.41 Å². The molecule has 1 saturated carbocycles. The average molecular weight is 376 g/mol. The summed E-state index contributed by atoms with van der Waals surface area (Å²) in [6, 6.07) is 8.00. The highest BCUT2D eigenvalue weighted by molar-refractivity contribution is 9.10. The van der Waals surface area contributed by atoms with Crippen molar-refractivity contribution < 1.29 is 14.7 Å². The van der Waals surface area contributed by atoms with Gasteiger partial charge in [0, 0.05) is 16.4 Å². The molecule has 7 heteroatoms. The second kappa shape index (κ2) is 6.08. The number of carbonyl (C=O) groups excluding carboxylic acids is 1. The molecule has 1 amide bonds. The van der Waals surface area contributed by atoms with Crippen molar-refractivity contribution in [1.82, 2.24) is 15.3 Å². The molecule has 0 saturated heterocycles. The summed E-state index contributed by atoms with van der Waals surface area (Å²) in [4.78, 5) is 30.4. The number of hydrogen-bond donors (Lipinski definition) is 2. The van der Waals surface area contributed by atoms with E-state index in [2.05, 4.69) is 37.3 Å². The largest absolute Gasteiger partial charge is 0.476 e. The Hall–Kier alpha value is -2.28. The summed E-state index contributed by atoms with van der Waals surface area (Å²) in [5.41, 5.74) is 1.07. The van der Waals surface area contributed by atoms with Crippen LogP contribution < -0.4 is 5.32 Å². The normalized spacial score (nSPS) is 15.0. The second-order valence-electron chi connectivity index (χ2n) is 5.53. The van der Waals surface area contributed by atoms with Crippen LogP contribution in [0.15, 0.2) is 41.1 Å². The number of carbonyl (C=O) groups is 2. The number of nitrogens with one attached hydrogen (secondary N) is 1. The lowest BCUT2D eigenvalue weighted by Gasteiger charge is -2.18. The number of halogens is 1. The van der Waals surface area contributed by atoms with E-state index < -0.39 is 5.97 Å². The van der Waals surface area contributed by atoms with Crippen molar-refractivity contribution >= 4 is 27.8 Å². The second-order valence-corrected chi connectivity index (χ2v) is 6.39. The molecule has 0 bridgehead atoms. The molecule has 23 heavy (non-hydrogen) atoms. The fourth-order valence-electron chi connectivity index (χ4n) is 2.48. The summed E-state index contributed by atoms with van der Waals surface area (Å²) >= 11 is 3.55. The molecule has 6 nitrogen and oxygen atoms in total. The summed E-state index contributed by atoms with van der Waals surface area (Å²) in [6.07, 6.45) is 4.29. The Morgan fingerprint density at radius 2 is 1.83 bits per heavy atom. The molecular weight excluding hydrogens is 362 g/mol. The van der Waals surface area contributed by atoms with Gasteiger partial charge in [0.25, 0.3) is 5.91 Å². The lowest BCUT2D eigenvalue weighted by molar-refractivity contribution is 0.0689. The zero-order valence-electron chi connectivity index (χ0n) is 12.1. The summed E-state index contributed by atoms with van der Waals surface area (Å²) < 4.78 is 1.04. The van der Waals surface area contributed by atoms with Gasteiger partial charge in [-0.2, -0.15) is 0 Å². The van der Waals surface area contributed by atoms with Crippen molar-refractivity contribution in [3.8, 4) is 0 Å². The summed E-state index contributed by atoms with van der Waals surface area (Å²) in [5, 5.41) is 11.6. The van der Waals surface area contributed by atoms with Crippen LogP contribution in [0.5, 0.6) is 0 Å². The molecule has 1 aromatic heterocycles. The third kappa shape index (κ3) is 3.24. The van der Waals surface area contributed by atoms with Gasteiger partial charge in [-0.3, -0.25) is 4.79 Å². The highest BCUT2D eigenvalue weighted by Gasteiger charge is 2.45. The van der Waals surface area contributed by atoms with E-state index in [1.165, 1.54) is 11.8 Å². The van der Waals surface area contributed by atoms with E-state index in [1.807, 2.05) is 18.2 Å². The fourth-order valence-corrected chi connectivity index (χ4v) is 3.18. The first kappa shape index (κ1) is 15.6. The average Bonchev–Trinajstić information content (AvgIpc) is 3.34. The van der Waals surface area contributed by atoms with Gasteiger partial charge < -0.3 is 10.4 Å².